The predicted molar refractivity (Wildman–Crippen MR) is 69.8 cm³/mol. The van der Waals surface area contributed by atoms with E-state index in [1.54, 1.807) is 6.07 Å². The first-order valence-electron chi connectivity index (χ1n) is 5.64. The molecule has 0 spiro atoms. The maximum absolute atomic E-state index is 13.1. The zero-order valence-corrected chi connectivity index (χ0v) is 12.2. The summed E-state index contributed by atoms with van der Waals surface area (Å²) in [7, 11) is 0. The van der Waals surface area contributed by atoms with Crippen LogP contribution in [-0.4, -0.2) is 25.2 Å². The van der Waals surface area contributed by atoms with Crippen LogP contribution in [0.5, 0.6) is 0 Å². The Kier molecular flexibility index (Phi) is 4.22. The molecule has 19 heavy (non-hydrogen) atoms. The maximum Gasteiger partial charge on any atom is 0.404 e. The summed E-state index contributed by atoms with van der Waals surface area (Å²) in [4.78, 5) is 12.7. The van der Waals surface area contributed by atoms with Gasteiger partial charge in [-0.15, -0.1) is 11.3 Å². The minimum atomic E-state index is -4.53. The van der Waals surface area contributed by atoms with Crippen LogP contribution in [0, 0.1) is 5.41 Å². The lowest BCUT2D eigenvalue weighted by atomic mass is 9.85. The van der Waals surface area contributed by atoms with Crippen LogP contribution in [0.4, 0.5) is 13.2 Å². The van der Waals surface area contributed by atoms with Gasteiger partial charge in [-0.3, -0.25) is 4.79 Å². The van der Waals surface area contributed by atoms with Crippen LogP contribution in [0.3, 0.4) is 0 Å². The molecule has 1 aromatic heterocycles. The van der Waals surface area contributed by atoms with E-state index in [4.69, 9.17) is 0 Å². The fourth-order valence-corrected chi connectivity index (χ4v) is 3.43. The highest BCUT2D eigenvalue weighted by Gasteiger charge is 2.61. The van der Waals surface area contributed by atoms with E-state index in [0.29, 0.717) is 0 Å². The lowest BCUT2D eigenvalue weighted by molar-refractivity contribution is -0.216. The van der Waals surface area contributed by atoms with E-state index >= 15 is 0 Å². The number of hydrogen-bond donors (Lipinski definition) is 2. The number of carbonyl (C=O) groups excluding carboxylic acids is 1. The number of thiophene rings is 1. The highest BCUT2D eigenvalue weighted by Crippen LogP contribution is 2.43. The van der Waals surface area contributed by atoms with Crippen molar-refractivity contribution in [3.8, 4) is 0 Å². The Balaban J connectivity index is 2.05. The van der Waals surface area contributed by atoms with Crippen LogP contribution < -0.4 is 10.6 Å². The Labute approximate surface area is 120 Å². The van der Waals surface area contributed by atoms with Crippen LogP contribution in [0.1, 0.15) is 11.3 Å². The van der Waals surface area contributed by atoms with Crippen molar-refractivity contribution in [3.05, 3.63) is 20.8 Å². The van der Waals surface area contributed by atoms with Gasteiger partial charge in [0.25, 0.3) is 0 Å². The summed E-state index contributed by atoms with van der Waals surface area (Å²) in [5.74, 6) is -0.950. The summed E-state index contributed by atoms with van der Waals surface area (Å²) >= 11 is 4.64. The molecule has 2 heterocycles. The Morgan fingerprint density at radius 2 is 2.32 bits per heavy atom. The van der Waals surface area contributed by atoms with Crippen LogP contribution in [0.25, 0.3) is 0 Å². The molecule has 1 saturated heterocycles. The third kappa shape index (κ3) is 2.95. The van der Waals surface area contributed by atoms with Gasteiger partial charge in [-0.05, 0) is 35.0 Å². The smallest absolute Gasteiger partial charge is 0.350 e. The number of rotatable bonds is 3. The molecule has 3 nitrogen and oxygen atoms in total. The second-order valence-electron chi connectivity index (χ2n) is 4.42. The Hall–Kier alpha value is -0.600. The molecule has 0 saturated carbocycles. The second-order valence-corrected chi connectivity index (χ2v) is 6.33. The third-order valence-corrected chi connectivity index (χ3v) is 4.88. The van der Waals surface area contributed by atoms with Gasteiger partial charge in [0.15, 0.2) is 5.41 Å². The predicted octanol–water partition coefficient (Wildman–Crippen LogP) is 2.67. The average Bonchev–Trinajstić information content (AvgIpc) is 2.94. The minimum absolute atomic E-state index is 0.118. The largest absolute Gasteiger partial charge is 0.404 e. The van der Waals surface area contributed by atoms with E-state index in [2.05, 4.69) is 26.6 Å². The molecule has 1 atom stereocenters. The first kappa shape index (κ1) is 14.8. The number of carbonyl (C=O) groups is 1. The molecule has 1 unspecified atom stereocenters. The molecule has 1 fully saturated rings. The highest BCUT2D eigenvalue weighted by atomic mass is 79.9. The first-order valence-corrected chi connectivity index (χ1v) is 7.31. The average molecular weight is 357 g/mol. The number of hydrogen-bond acceptors (Lipinski definition) is 3. The molecule has 0 aliphatic carbocycles. The summed E-state index contributed by atoms with van der Waals surface area (Å²) in [6.45, 7) is -0.0269. The van der Waals surface area contributed by atoms with Crippen LogP contribution in [0.2, 0.25) is 0 Å². The van der Waals surface area contributed by atoms with Gasteiger partial charge in [-0.2, -0.15) is 13.2 Å². The summed E-state index contributed by atoms with van der Waals surface area (Å²) in [5, 5.41) is 6.83. The Morgan fingerprint density at radius 1 is 1.58 bits per heavy atom. The maximum atomic E-state index is 13.1. The number of amides is 1. The van der Waals surface area contributed by atoms with Crippen molar-refractivity contribution >= 4 is 33.2 Å². The fourth-order valence-electron chi connectivity index (χ4n) is 2.04. The molecule has 2 rings (SSSR count). The van der Waals surface area contributed by atoms with Gasteiger partial charge in [-0.1, -0.05) is 0 Å². The van der Waals surface area contributed by atoms with Gasteiger partial charge >= 0.3 is 6.18 Å². The van der Waals surface area contributed by atoms with Crippen molar-refractivity contribution in [1.29, 1.82) is 0 Å². The topological polar surface area (TPSA) is 41.1 Å². The molecular formula is C11H12BrF3N2OS. The lowest BCUT2D eigenvalue weighted by Crippen LogP contribution is -2.51. The molecule has 0 aromatic carbocycles. The van der Waals surface area contributed by atoms with E-state index in [1.165, 1.54) is 11.3 Å². The Bertz CT molecular complexity index is 469. The summed E-state index contributed by atoms with van der Waals surface area (Å²) in [5.41, 5.74) is -2.29. The van der Waals surface area contributed by atoms with Gasteiger partial charge in [0.05, 0.1) is 6.54 Å². The number of nitrogens with one attached hydrogen (secondary N) is 2. The third-order valence-electron chi connectivity index (χ3n) is 3.18. The van der Waals surface area contributed by atoms with E-state index in [0.717, 1.165) is 9.35 Å². The zero-order valence-electron chi connectivity index (χ0n) is 9.81. The van der Waals surface area contributed by atoms with Crippen molar-refractivity contribution in [1.82, 2.24) is 10.6 Å². The monoisotopic (exact) mass is 356 g/mol. The van der Waals surface area contributed by atoms with Crippen molar-refractivity contribution in [2.45, 2.75) is 19.1 Å². The molecule has 8 heteroatoms. The van der Waals surface area contributed by atoms with Crippen LogP contribution in [0.15, 0.2) is 15.9 Å². The van der Waals surface area contributed by atoms with E-state index in [9.17, 15) is 18.0 Å². The number of alkyl halides is 3. The van der Waals surface area contributed by atoms with Crippen molar-refractivity contribution in [2.24, 2.45) is 5.41 Å². The molecule has 1 aliphatic heterocycles. The summed E-state index contributed by atoms with van der Waals surface area (Å²) < 4.78 is 40.1. The van der Waals surface area contributed by atoms with Crippen molar-refractivity contribution in [3.63, 3.8) is 0 Å². The first-order chi connectivity index (χ1) is 8.85. The second kappa shape index (κ2) is 5.41. The Morgan fingerprint density at radius 3 is 2.79 bits per heavy atom. The SMILES string of the molecule is O=C(NCc1cc(Br)cs1)C1(C(F)(F)F)CCNC1. The molecule has 1 amide bonds. The summed E-state index contributed by atoms with van der Waals surface area (Å²) in [6, 6.07) is 1.78. The van der Waals surface area contributed by atoms with Gasteiger partial charge in [0, 0.05) is 21.3 Å². The normalized spacial score (nSPS) is 23.6. The molecular weight excluding hydrogens is 345 g/mol. The van der Waals surface area contributed by atoms with E-state index < -0.39 is 17.5 Å². The molecule has 106 valence electrons. The van der Waals surface area contributed by atoms with Gasteiger partial charge < -0.3 is 10.6 Å². The van der Waals surface area contributed by atoms with Crippen LogP contribution >= 0.6 is 27.3 Å². The molecule has 1 aliphatic rings. The minimum Gasteiger partial charge on any atom is -0.350 e. The zero-order chi connectivity index (χ0) is 14.1. The van der Waals surface area contributed by atoms with E-state index in [-0.39, 0.29) is 26.1 Å². The molecule has 0 radical (unpaired) electrons. The van der Waals surface area contributed by atoms with Crippen LogP contribution in [-0.2, 0) is 11.3 Å². The van der Waals surface area contributed by atoms with Gasteiger partial charge in [-0.25, -0.2) is 0 Å². The lowest BCUT2D eigenvalue weighted by Gasteiger charge is -2.29. The standard InChI is InChI=1S/C11H12BrF3N2OS/c12-7-3-8(19-5-7)4-17-9(18)10(11(13,14)15)1-2-16-6-10/h3,5,16H,1-2,4,6H2,(H,17,18). The van der Waals surface area contributed by atoms with Crippen molar-refractivity contribution < 1.29 is 18.0 Å². The molecule has 1 aromatic rings. The fraction of sp³-hybridized carbons (Fsp3) is 0.545. The summed E-state index contributed by atoms with van der Waals surface area (Å²) in [6.07, 6.45) is -4.74. The molecule has 2 N–H and O–H groups in total. The van der Waals surface area contributed by atoms with Crippen molar-refractivity contribution in [2.75, 3.05) is 13.1 Å². The highest BCUT2D eigenvalue weighted by molar-refractivity contribution is 9.10. The number of halogens is 4. The van der Waals surface area contributed by atoms with E-state index in [1.807, 2.05) is 5.38 Å². The van der Waals surface area contributed by atoms with Gasteiger partial charge in [0.2, 0.25) is 5.91 Å². The quantitative estimate of drug-likeness (QED) is 0.874. The molecule has 0 bridgehead atoms. The van der Waals surface area contributed by atoms with Gasteiger partial charge in [0.1, 0.15) is 0 Å².